The van der Waals surface area contributed by atoms with E-state index in [9.17, 15) is 8.42 Å². The average molecular weight is 311 g/mol. The largest absolute Gasteiger partial charge is 0.480 e. The van der Waals surface area contributed by atoms with E-state index in [-0.39, 0.29) is 22.1 Å². The van der Waals surface area contributed by atoms with Crippen LogP contribution in [0.2, 0.25) is 0 Å². The van der Waals surface area contributed by atoms with E-state index < -0.39 is 10.0 Å². The molecular formula is C13H17N3O4S. The predicted molar refractivity (Wildman–Crippen MR) is 76.8 cm³/mol. The van der Waals surface area contributed by atoms with Crippen LogP contribution >= 0.6 is 0 Å². The fraction of sp³-hybridized carbons (Fsp3) is 0.385. The molecule has 7 nitrogen and oxygen atoms in total. The zero-order chi connectivity index (χ0) is 15.7. The van der Waals surface area contributed by atoms with Crippen LogP contribution in [0.25, 0.3) is 0 Å². The van der Waals surface area contributed by atoms with Crippen LogP contribution in [0.15, 0.2) is 34.0 Å². The summed E-state index contributed by atoms with van der Waals surface area (Å²) in [7, 11) is -2.48. The molecule has 2 rings (SSSR count). The van der Waals surface area contributed by atoms with E-state index in [1.54, 1.807) is 12.1 Å². The number of rotatable bonds is 4. The summed E-state index contributed by atoms with van der Waals surface area (Å²) in [5, 5.41) is 3.55. The lowest BCUT2D eigenvalue weighted by Crippen LogP contribution is -2.14. The Labute approximate surface area is 123 Å². The Bertz CT molecular complexity index is 732. The summed E-state index contributed by atoms with van der Waals surface area (Å²) < 4.78 is 36.9. The van der Waals surface area contributed by atoms with E-state index in [2.05, 4.69) is 14.9 Å². The Hall–Kier alpha value is -2.09. The van der Waals surface area contributed by atoms with Crippen LogP contribution in [0.5, 0.6) is 5.88 Å². The highest BCUT2D eigenvalue weighted by molar-refractivity contribution is 7.92. The van der Waals surface area contributed by atoms with Crippen LogP contribution in [0.4, 0.5) is 5.69 Å². The molecule has 8 heteroatoms. The summed E-state index contributed by atoms with van der Waals surface area (Å²) >= 11 is 0. The number of pyridine rings is 1. The van der Waals surface area contributed by atoms with Gasteiger partial charge in [-0.05, 0) is 12.1 Å². The van der Waals surface area contributed by atoms with Crippen LogP contribution in [0.3, 0.4) is 0 Å². The molecule has 0 aliphatic rings. The van der Waals surface area contributed by atoms with E-state index in [4.69, 9.17) is 9.26 Å². The zero-order valence-corrected chi connectivity index (χ0v) is 13.1. The van der Waals surface area contributed by atoms with Crippen molar-refractivity contribution < 1.29 is 17.7 Å². The van der Waals surface area contributed by atoms with Crippen molar-refractivity contribution in [1.29, 1.82) is 0 Å². The molecule has 0 bridgehead atoms. The molecule has 2 aromatic heterocycles. The summed E-state index contributed by atoms with van der Waals surface area (Å²) in [4.78, 5) is 3.92. The maximum atomic E-state index is 12.3. The van der Waals surface area contributed by atoms with Gasteiger partial charge < -0.3 is 9.26 Å². The molecule has 2 aromatic rings. The maximum Gasteiger partial charge on any atom is 0.298 e. The van der Waals surface area contributed by atoms with Gasteiger partial charge >= 0.3 is 0 Å². The van der Waals surface area contributed by atoms with Gasteiger partial charge in [0.15, 0.2) is 0 Å². The average Bonchev–Trinajstić information content (AvgIpc) is 2.89. The third-order valence-electron chi connectivity index (χ3n) is 2.73. The van der Waals surface area contributed by atoms with Crippen molar-refractivity contribution in [2.75, 3.05) is 11.8 Å². The minimum Gasteiger partial charge on any atom is -0.480 e. The first-order chi connectivity index (χ1) is 9.74. The van der Waals surface area contributed by atoms with E-state index in [0.29, 0.717) is 5.69 Å². The number of hydrogen-bond donors (Lipinski definition) is 1. The molecule has 0 unspecified atom stereocenters. The van der Waals surface area contributed by atoms with Crippen molar-refractivity contribution in [3.63, 3.8) is 0 Å². The summed E-state index contributed by atoms with van der Waals surface area (Å²) in [6.45, 7) is 5.75. The fourth-order valence-corrected chi connectivity index (χ4v) is 2.51. The molecule has 0 radical (unpaired) electrons. The molecule has 0 aliphatic carbocycles. The third-order valence-corrected chi connectivity index (χ3v) is 3.94. The van der Waals surface area contributed by atoms with Gasteiger partial charge in [-0.1, -0.05) is 25.9 Å². The number of methoxy groups -OCH3 is 1. The zero-order valence-electron chi connectivity index (χ0n) is 12.2. The molecule has 0 aromatic carbocycles. The maximum absolute atomic E-state index is 12.3. The molecule has 0 aliphatic heterocycles. The van der Waals surface area contributed by atoms with Crippen LogP contribution in [0, 0.1) is 0 Å². The molecule has 1 N–H and O–H groups in total. The molecule has 21 heavy (non-hydrogen) atoms. The number of anilines is 1. The van der Waals surface area contributed by atoms with Crippen molar-refractivity contribution in [2.45, 2.75) is 31.3 Å². The number of ether oxygens (including phenoxy) is 1. The number of nitrogens with one attached hydrogen (secondary N) is 1. The molecule has 0 amide bonds. The summed E-state index contributed by atoms with van der Waals surface area (Å²) in [5.74, 6) is 0.177. The molecular weight excluding hydrogens is 294 g/mol. The van der Waals surface area contributed by atoms with Gasteiger partial charge in [0.25, 0.3) is 15.1 Å². The smallest absolute Gasteiger partial charge is 0.298 e. The topological polar surface area (TPSA) is 94.3 Å². The predicted octanol–water partition coefficient (Wildman–Crippen LogP) is 2.18. The van der Waals surface area contributed by atoms with Gasteiger partial charge in [-0.2, -0.15) is 8.42 Å². The number of aromatic nitrogens is 2. The molecule has 114 valence electrons. The van der Waals surface area contributed by atoms with E-state index >= 15 is 0 Å². The van der Waals surface area contributed by atoms with Gasteiger partial charge in [0.2, 0.25) is 5.88 Å². The lowest BCUT2D eigenvalue weighted by molar-refractivity contribution is 0.327. The Kier molecular flexibility index (Phi) is 3.91. The minimum absolute atomic E-state index is 0.177. The Balaban J connectivity index is 2.33. The van der Waals surface area contributed by atoms with Gasteiger partial charge in [0, 0.05) is 17.7 Å². The monoisotopic (exact) mass is 311 g/mol. The van der Waals surface area contributed by atoms with Crippen LogP contribution in [-0.4, -0.2) is 25.7 Å². The summed E-state index contributed by atoms with van der Waals surface area (Å²) in [6, 6.07) is 4.55. The first-order valence-electron chi connectivity index (χ1n) is 6.23. The second kappa shape index (κ2) is 5.36. The van der Waals surface area contributed by atoms with Gasteiger partial charge in [-0.3, -0.25) is 4.72 Å². The van der Waals surface area contributed by atoms with Crippen molar-refractivity contribution in [2.24, 2.45) is 0 Å². The first kappa shape index (κ1) is 15.3. The van der Waals surface area contributed by atoms with E-state index in [1.165, 1.54) is 19.4 Å². The van der Waals surface area contributed by atoms with Crippen molar-refractivity contribution in [3.05, 3.63) is 30.1 Å². The highest BCUT2D eigenvalue weighted by atomic mass is 32.2. The molecule has 0 saturated heterocycles. The molecule has 0 fully saturated rings. The number of nitrogens with zero attached hydrogens (tertiary/aromatic N) is 2. The Morgan fingerprint density at radius 2 is 2.05 bits per heavy atom. The second-order valence-corrected chi connectivity index (χ2v) is 7.06. The molecule has 0 atom stereocenters. The van der Waals surface area contributed by atoms with E-state index in [1.807, 2.05) is 20.8 Å². The van der Waals surface area contributed by atoms with Crippen LogP contribution in [0.1, 0.15) is 26.5 Å². The molecule has 2 heterocycles. The lowest BCUT2D eigenvalue weighted by atomic mass is 9.93. The first-order valence-corrected chi connectivity index (χ1v) is 7.71. The van der Waals surface area contributed by atoms with Crippen LogP contribution in [-0.2, 0) is 15.4 Å². The van der Waals surface area contributed by atoms with Gasteiger partial charge in [0.05, 0.1) is 12.8 Å². The normalized spacial score (nSPS) is 12.2. The number of sulfonamides is 1. The summed E-state index contributed by atoms with van der Waals surface area (Å²) in [6.07, 6.45) is 1.50. The minimum atomic E-state index is -3.88. The highest BCUT2D eigenvalue weighted by Gasteiger charge is 2.26. The third kappa shape index (κ3) is 3.33. The quantitative estimate of drug-likeness (QED) is 0.930. The van der Waals surface area contributed by atoms with Crippen molar-refractivity contribution in [3.8, 4) is 5.88 Å². The van der Waals surface area contributed by atoms with Crippen molar-refractivity contribution in [1.82, 2.24) is 10.1 Å². The Morgan fingerprint density at radius 3 is 2.62 bits per heavy atom. The second-order valence-electron chi connectivity index (χ2n) is 5.45. The molecule has 0 spiro atoms. The highest BCUT2D eigenvalue weighted by Crippen LogP contribution is 2.27. The van der Waals surface area contributed by atoms with E-state index in [0.717, 1.165) is 0 Å². The lowest BCUT2D eigenvalue weighted by Gasteiger charge is -2.12. The summed E-state index contributed by atoms with van der Waals surface area (Å²) in [5.41, 5.74) is 0.484. The SMILES string of the molecule is COc1ncccc1NS(=O)(=O)c1cc(C(C)(C)C)no1. The van der Waals surface area contributed by atoms with Crippen LogP contribution < -0.4 is 9.46 Å². The Morgan fingerprint density at radius 1 is 1.33 bits per heavy atom. The van der Waals surface area contributed by atoms with Gasteiger partial charge in [0.1, 0.15) is 5.69 Å². The molecule has 0 saturated carbocycles. The fourth-order valence-electron chi connectivity index (χ4n) is 1.56. The van der Waals surface area contributed by atoms with Crippen molar-refractivity contribution >= 4 is 15.7 Å². The van der Waals surface area contributed by atoms with Gasteiger partial charge in [-0.15, -0.1) is 0 Å². The van der Waals surface area contributed by atoms with Gasteiger partial charge in [-0.25, -0.2) is 4.98 Å². The standard InChI is InChI=1S/C13H17N3O4S/c1-13(2,3)10-8-11(20-15-10)21(17,18)16-9-6-5-7-14-12(9)19-4/h5-8,16H,1-4H3. The number of hydrogen-bond acceptors (Lipinski definition) is 6.